The fourth-order valence-corrected chi connectivity index (χ4v) is 5.08. The third kappa shape index (κ3) is 6.40. The van der Waals surface area contributed by atoms with Gasteiger partial charge in [-0.2, -0.15) is 0 Å². The Morgan fingerprint density at radius 1 is 1.09 bits per heavy atom. The van der Waals surface area contributed by atoms with Crippen LogP contribution in [-0.2, 0) is 11.2 Å². The van der Waals surface area contributed by atoms with E-state index in [4.69, 9.17) is 0 Å². The van der Waals surface area contributed by atoms with Crippen LogP contribution in [0.2, 0.25) is 0 Å². The lowest BCUT2D eigenvalue weighted by atomic mass is 9.94. The van der Waals surface area contributed by atoms with Gasteiger partial charge in [0, 0.05) is 43.0 Å². The molecule has 2 aromatic rings. The number of urea groups is 1. The van der Waals surface area contributed by atoms with Gasteiger partial charge in [0.15, 0.2) is 10.9 Å². The van der Waals surface area contributed by atoms with Crippen LogP contribution in [0.4, 0.5) is 15.6 Å². The maximum atomic E-state index is 13.0. The second-order valence-corrected chi connectivity index (χ2v) is 9.98. The Hall–Kier alpha value is -2.82. The molecule has 0 unspecified atom stereocenters. The zero-order chi connectivity index (χ0) is 24.1. The number of hydrogen-bond donors (Lipinski definition) is 3. The molecule has 34 heavy (non-hydrogen) atoms. The lowest BCUT2D eigenvalue weighted by molar-refractivity contribution is -0.126. The fourth-order valence-electron chi connectivity index (χ4n) is 4.37. The van der Waals surface area contributed by atoms with Gasteiger partial charge in [0.05, 0.1) is 17.8 Å². The molecule has 1 aliphatic carbocycles. The number of hydrogen-bond acceptors (Lipinski definition) is 7. The van der Waals surface area contributed by atoms with Gasteiger partial charge in [-0.3, -0.25) is 20.3 Å². The molecule has 0 bridgehead atoms. The molecular weight excluding hydrogens is 452 g/mol. The van der Waals surface area contributed by atoms with Crippen LogP contribution in [-0.4, -0.2) is 65.8 Å². The van der Waals surface area contributed by atoms with Crippen molar-refractivity contribution in [3.05, 3.63) is 40.4 Å². The Bertz CT molecular complexity index is 1040. The third-order valence-corrected chi connectivity index (χ3v) is 7.12. The second-order valence-electron chi connectivity index (χ2n) is 9.12. The molecule has 9 nitrogen and oxygen atoms in total. The molecular formula is C24H32N6O3S. The number of carbonyl (C=O) groups excluding carboxylic acids is 3. The van der Waals surface area contributed by atoms with Crippen LogP contribution in [0.25, 0.3) is 0 Å². The van der Waals surface area contributed by atoms with E-state index in [-0.39, 0.29) is 24.0 Å². The number of anilines is 2. The highest BCUT2D eigenvalue weighted by Gasteiger charge is 2.26. The quantitative estimate of drug-likeness (QED) is 0.521. The highest BCUT2D eigenvalue weighted by Crippen LogP contribution is 2.31. The molecule has 3 amide bonds. The van der Waals surface area contributed by atoms with Gasteiger partial charge in [0.25, 0.3) is 0 Å². The first kappa shape index (κ1) is 24.3. The average Bonchev–Trinajstić information content (AvgIpc) is 3.48. The van der Waals surface area contributed by atoms with Crippen molar-refractivity contribution in [2.24, 2.45) is 5.92 Å². The Morgan fingerprint density at radius 2 is 1.82 bits per heavy atom. The van der Waals surface area contributed by atoms with Gasteiger partial charge in [-0.05, 0) is 38.9 Å². The van der Waals surface area contributed by atoms with Crippen LogP contribution in [0.15, 0.2) is 23.6 Å². The molecule has 2 aliphatic rings. The molecule has 0 radical (unpaired) electrons. The lowest BCUT2D eigenvalue weighted by Crippen LogP contribution is -2.52. The molecule has 1 saturated heterocycles. The van der Waals surface area contributed by atoms with E-state index in [0.717, 1.165) is 57.4 Å². The number of nitrogens with one attached hydrogen (secondary N) is 3. The molecule has 2 fully saturated rings. The zero-order valence-corrected chi connectivity index (χ0v) is 20.5. The summed E-state index contributed by atoms with van der Waals surface area (Å²) < 4.78 is 0. The van der Waals surface area contributed by atoms with Gasteiger partial charge < -0.3 is 10.2 Å². The summed E-state index contributed by atoms with van der Waals surface area (Å²) in [5.41, 5.74) is 5.55. The van der Waals surface area contributed by atoms with Crippen LogP contribution in [0.5, 0.6) is 0 Å². The predicted molar refractivity (Wildman–Crippen MR) is 133 cm³/mol. The molecule has 1 saturated carbocycles. The third-order valence-electron chi connectivity index (χ3n) is 6.31. The van der Waals surface area contributed by atoms with E-state index in [1.54, 1.807) is 11.4 Å². The van der Waals surface area contributed by atoms with Gasteiger partial charge in [-0.1, -0.05) is 24.5 Å². The number of carbonyl (C=O) groups is 3. The molecule has 1 aromatic carbocycles. The first-order valence-corrected chi connectivity index (χ1v) is 12.7. The Balaban J connectivity index is 1.32. The number of hydrazine groups is 1. The summed E-state index contributed by atoms with van der Waals surface area (Å²) in [6.45, 7) is 5.34. The topological polar surface area (TPSA) is 107 Å². The number of piperazine rings is 1. The van der Waals surface area contributed by atoms with E-state index < -0.39 is 6.03 Å². The van der Waals surface area contributed by atoms with Crippen LogP contribution in [0, 0.1) is 12.8 Å². The number of aromatic nitrogens is 1. The van der Waals surface area contributed by atoms with Gasteiger partial charge >= 0.3 is 6.03 Å². The van der Waals surface area contributed by atoms with Crippen molar-refractivity contribution in [1.29, 1.82) is 0 Å². The van der Waals surface area contributed by atoms with E-state index >= 15 is 0 Å². The molecule has 10 heteroatoms. The summed E-state index contributed by atoms with van der Waals surface area (Å²) >= 11 is 1.26. The normalized spacial score (nSPS) is 17.5. The van der Waals surface area contributed by atoms with Crippen molar-refractivity contribution in [3.63, 3.8) is 0 Å². The summed E-state index contributed by atoms with van der Waals surface area (Å²) in [4.78, 5) is 44.5. The van der Waals surface area contributed by atoms with Crippen LogP contribution < -0.4 is 16.1 Å². The van der Waals surface area contributed by atoms with E-state index in [2.05, 4.69) is 33.0 Å². The molecule has 0 spiro atoms. The summed E-state index contributed by atoms with van der Waals surface area (Å²) in [5, 5.41) is 9.61. The van der Waals surface area contributed by atoms with Gasteiger partial charge in [0.1, 0.15) is 0 Å². The molecule has 2 heterocycles. The average molecular weight is 485 g/mol. The Morgan fingerprint density at radius 3 is 2.56 bits per heavy atom. The van der Waals surface area contributed by atoms with Gasteiger partial charge in [-0.25, -0.2) is 14.8 Å². The van der Waals surface area contributed by atoms with Crippen molar-refractivity contribution in [3.8, 4) is 0 Å². The van der Waals surface area contributed by atoms with Gasteiger partial charge in [-0.15, -0.1) is 11.3 Å². The SMILES string of the molecule is Cc1ccc(NC(=O)Nc2nc(CC(=O)NN3CCN(C)CC3)cs2)c(C(=O)C2CCCC2)c1. The summed E-state index contributed by atoms with van der Waals surface area (Å²) in [7, 11) is 2.06. The van der Waals surface area contributed by atoms with Crippen molar-refractivity contribution in [1.82, 2.24) is 20.3 Å². The second kappa shape index (κ2) is 11.1. The number of likely N-dealkylation sites (N-methyl/N-ethyl adjacent to an activating group) is 1. The molecule has 1 aromatic heterocycles. The standard InChI is InChI=1S/C24H32N6O3S/c1-16-7-8-20(19(13-16)22(32)17-5-3-4-6-17)26-23(33)27-24-25-18(15-34-24)14-21(31)28-30-11-9-29(2)10-12-30/h7-8,13,15,17H,3-6,9-12,14H2,1-2H3,(H,28,31)(H2,25,26,27,33). The highest BCUT2D eigenvalue weighted by atomic mass is 32.1. The van der Waals surface area contributed by atoms with Crippen LogP contribution in [0.3, 0.4) is 0 Å². The van der Waals surface area contributed by atoms with Crippen molar-refractivity contribution < 1.29 is 14.4 Å². The van der Waals surface area contributed by atoms with Gasteiger partial charge in [0.2, 0.25) is 5.91 Å². The fraction of sp³-hybridized carbons (Fsp3) is 0.500. The minimum atomic E-state index is -0.466. The lowest BCUT2D eigenvalue weighted by Gasteiger charge is -2.32. The number of Topliss-reactive ketones (excluding diaryl/α,β-unsaturated/α-hetero) is 1. The highest BCUT2D eigenvalue weighted by molar-refractivity contribution is 7.14. The summed E-state index contributed by atoms with van der Waals surface area (Å²) in [6, 6.07) is 5.03. The molecule has 182 valence electrons. The summed E-state index contributed by atoms with van der Waals surface area (Å²) in [5.74, 6) is 0.00361. The Labute approximate surface area is 203 Å². The van der Waals surface area contributed by atoms with Crippen molar-refractivity contribution in [2.45, 2.75) is 39.0 Å². The van der Waals surface area contributed by atoms with E-state index in [1.165, 1.54) is 11.3 Å². The number of amides is 3. The Kier molecular flexibility index (Phi) is 7.91. The molecule has 4 rings (SSSR count). The number of rotatable bonds is 7. The molecule has 0 atom stereocenters. The molecule has 3 N–H and O–H groups in total. The predicted octanol–water partition coefficient (Wildman–Crippen LogP) is 3.29. The number of nitrogens with zero attached hydrogens (tertiary/aromatic N) is 3. The monoisotopic (exact) mass is 484 g/mol. The van der Waals surface area contributed by atoms with Crippen molar-refractivity contribution in [2.75, 3.05) is 43.9 Å². The van der Waals surface area contributed by atoms with E-state index in [0.29, 0.717) is 22.1 Å². The number of ketones is 1. The minimum Gasteiger partial charge on any atom is -0.307 e. The van der Waals surface area contributed by atoms with E-state index in [1.807, 2.05) is 24.1 Å². The number of aryl methyl sites for hydroxylation is 1. The maximum absolute atomic E-state index is 13.0. The van der Waals surface area contributed by atoms with Crippen molar-refractivity contribution >= 4 is 39.9 Å². The minimum absolute atomic E-state index is 0.0314. The maximum Gasteiger partial charge on any atom is 0.325 e. The first-order chi connectivity index (χ1) is 16.4. The summed E-state index contributed by atoms with van der Waals surface area (Å²) in [6.07, 6.45) is 4.10. The molecule has 1 aliphatic heterocycles. The zero-order valence-electron chi connectivity index (χ0n) is 19.7. The first-order valence-electron chi connectivity index (χ1n) is 11.8. The number of benzene rings is 1. The van der Waals surface area contributed by atoms with E-state index in [9.17, 15) is 14.4 Å². The van der Waals surface area contributed by atoms with Crippen LogP contribution >= 0.6 is 11.3 Å². The smallest absolute Gasteiger partial charge is 0.307 e. The number of thiazole rings is 1. The van der Waals surface area contributed by atoms with Crippen LogP contribution in [0.1, 0.15) is 47.3 Å². The largest absolute Gasteiger partial charge is 0.325 e.